The van der Waals surface area contributed by atoms with Crippen molar-refractivity contribution in [1.29, 1.82) is 0 Å². The summed E-state index contributed by atoms with van der Waals surface area (Å²) >= 11 is 0. The summed E-state index contributed by atoms with van der Waals surface area (Å²) in [6.07, 6.45) is 31.9. The Balaban J connectivity index is 0.000000104. The lowest BCUT2D eigenvalue weighted by molar-refractivity contribution is -0.167. The highest BCUT2D eigenvalue weighted by atomic mass is 16.6. The van der Waals surface area contributed by atoms with Crippen molar-refractivity contribution in [2.45, 2.75) is 215 Å². The van der Waals surface area contributed by atoms with Crippen molar-refractivity contribution in [1.82, 2.24) is 0 Å². The average Bonchev–Trinajstić information content (AvgIpc) is 1.54. The van der Waals surface area contributed by atoms with Gasteiger partial charge in [0.25, 0.3) is 0 Å². The van der Waals surface area contributed by atoms with Crippen LogP contribution in [0.2, 0.25) is 0 Å². The van der Waals surface area contributed by atoms with Gasteiger partial charge in [0, 0.05) is 101 Å². The van der Waals surface area contributed by atoms with E-state index in [-0.39, 0.29) is 189 Å². The van der Waals surface area contributed by atoms with Crippen molar-refractivity contribution < 1.29 is 133 Å². The van der Waals surface area contributed by atoms with Gasteiger partial charge in [0.2, 0.25) is 0 Å². The highest BCUT2D eigenvalue weighted by molar-refractivity contribution is 5.86. The number of ether oxygens (including phenoxy) is 14. The van der Waals surface area contributed by atoms with Gasteiger partial charge in [-0.1, -0.05) is 46.1 Å². The molecule has 14 bridgehead atoms. The highest BCUT2D eigenvalue weighted by Crippen LogP contribution is 2.67. The normalized spacial score (nSPS) is 43.3. The summed E-state index contributed by atoms with van der Waals surface area (Å²) in [5.74, 6) is 3.07. The predicted molar refractivity (Wildman–Crippen MR) is 415 cm³/mol. The number of rotatable bonds is 15. The van der Waals surface area contributed by atoms with Crippen molar-refractivity contribution in [2.75, 3.05) is 39.6 Å². The first-order valence-electron chi connectivity index (χ1n) is 43.7. The Hall–Kier alpha value is -9.24. The van der Waals surface area contributed by atoms with E-state index in [9.17, 15) is 67.1 Å². The predicted octanol–water partition coefficient (Wildman–Crippen LogP) is 9.84. The highest BCUT2D eigenvalue weighted by Gasteiger charge is 2.70. The third-order valence-corrected chi connectivity index (χ3v) is 32.9. The summed E-state index contributed by atoms with van der Waals surface area (Å²) in [4.78, 5) is 161. The smallest absolute Gasteiger partial charge is 0.330 e. The number of hydrogen-bond acceptors (Lipinski definition) is 28. The SMILES string of the molecule is C=CC(=O)OC1(C2C3CC4OC(=O)C2C4C3)CCCC1.C=CC(=O)OC1CC2CC1C1(CCOC1=O)C2.C=CC(=O)OC1CC2CC1C1(COC(=O)C1)C2.C=CC(=O)OC1CC2CC1C1C(=O)OCC21.C=CC(=O)OC1CC2CC1C1COC(=O)C21.C=CC(=O)OC1CC2CC1CC21CCOC1=O.C=CC(=O)OC1CC2CC1CC21COC(=O)C1. The fourth-order valence-corrected chi connectivity index (χ4v) is 28.3. The molecule has 0 amide bonds. The number of hydrogen-bond donors (Lipinski definition) is 0. The van der Waals surface area contributed by atoms with Gasteiger partial charge in [-0.05, 0) is 207 Å². The lowest BCUT2D eigenvalue weighted by Gasteiger charge is -2.40. The van der Waals surface area contributed by atoms with Crippen LogP contribution >= 0.6 is 0 Å². The molecule has 7 aliphatic heterocycles. The van der Waals surface area contributed by atoms with E-state index in [1.54, 1.807) is 0 Å². The largest absolute Gasteiger partial charge is 0.465 e. The van der Waals surface area contributed by atoms with Gasteiger partial charge >= 0.3 is 83.6 Å². The van der Waals surface area contributed by atoms with Crippen molar-refractivity contribution >= 4 is 83.6 Å². The Labute approximate surface area is 697 Å². The molecule has 7 saturated heterocycles. The van der Waals surface area contributed by atoms with Crippen LogP contribution in [0.5, 0.6) is 0 Å². The molecule has 0 N–H and O–H groups in total. The van der Waals surface area contributed by atoms with Gasteiger partial charge in [-0.25, -0.2) is 33.6 Å². The number of esters is 14. The summed E-state index contributed by atoms with van der Waals surface area (Å²) in [6, 6.07) is 0. The van der Waals surface area contributed by atoms with Crippen LogP contribution in [0.3, 0.4) is 0 Å². The van der Waals surface area contributed by atoms with Gasteiger partial charge in [-0.2, -0.15) is 0 Å². The average molecular weight is 1670 g/mol. The lowest BCUT2D eigenvalue weighted by Crippen LogP contribution is -2.47. The molecule has 22 aliphatic rings. The fraction of sp³-hybridized carbons (Fsp3) is 0.696. The molecule has 648 valence electrons. The molecule has 15 aliphatic carbocycles. The number of fused-ring (bicyclic) bond motifs is 23. The first-order valence-corrected chi connectivity index (χ1v) is 43.7. The van der Waals surface area contributed by atoms with Crippen molar-refractivity contribution in [2.24, 2.45) is 140 Å². The molecule has 0 aromatic heterocycles. The zero-order valence-electron chi connectivity index (χ0n) is 68.1. The quantitative estimate of drug-likeness (QED) is 0.0835. The van der Waals surface area contributed by atoms with Crippen LogP contribution in [0.15, 0.2) is 88.6 Å². The Morgan fingerprint density at radius 1 is 0.350 bits per heavy atom. The van der Waals surface area contributed by atoms with Crippen LogP contribution in [0.1, 0.15) is 167 Å². The van der Waals surface area contributed by atoms with Gasteiger partial charge < -0.3 is 66.3 Å². The maximum atomic E-state index is 12.2. The third-order valence-electron chi connectivity index (χ3n) is 32.9. The van der Waals surface area contributed by atoms with Crippen LogP contribution in [0, 0.1) is 140 Å². The van der Waals surface area contributed by atoms with E-state index < -0.39 is 5.60 Å². The van der Waals surface area contributed by atoms with Crippen molar-refractivity contribution in [3.05, 3.63) is 88.6 Å². The van der Waals surface area contributed by atoms with Crippen LogP contribution in [-0.2, 0) is 133 Å². The minimum absolute atomic E-state index is 0.0202. The Morgan fingerprint density at radius 2 is 0.833 bits per heavy atom. The van der Waals surface area contributed by atoms with Gasteiger partial charge in [0.15, 0.2) is 0 Å². The molecule has 0 radical (unpaired) electrons. The van der Waals surface area contributed by atoms with E-state index in [1.165, 1.54) is 42.5 Å². The molecule has 31 atom stereocenters. The number of cyclic esters (lactones) is 6. The molecule has 31 unspecified atom stereocenters. The summed E-state index contributed by atoms with van der Waals surface area (Å²) in [6.45, 7) is 27.1. The first kappa shape index (κ1) is 84.4. The molecule has 22 fully saturated rings. The summed E-state index contributed by atoms with van der Waals surface area (Å²) in [5, 5.41) is 0. The Kier molecular flexibility index (Phi) is 23.6. The monoisotopic (exact) mass is 1660 g/mol. The topological polar surface area (TPSA) is 368 Å². The molecule has 0 aromatic rings. The summed E-state index contributed by atoms with van der Waals surface area (Å²) in [7, 11) is 0. The minimum Gasteiger partial charge on any atom is -0.465 e. The molecular formula is C92H112O28. The van der Waals surface area contributed by atoms with Crippen LogP contribution in [0.4, 0.5) is 0 Å². The van der Waals surface area contributed by atoms with E-state index in [0.717, 1.165) is 154 Å². The number of carbonyl (C=O) groups is 14. The summed E-state index contributed by atoms with van der Waals surface area (Å²) < 4.78 is 74.0. The maximum absolute atomic E-state index is 12.2. The zero-order valence-corrected chi connectivity index (χ0v) is 68.1. The Morgan fingerprint density at radius 3 is 1.36 bits per heavy atom. The molecule has 4 spiro atoms. The van der Waals surface area contributed by atoms with E-state index in [4.69, 9.17) is 66.3 Å². The molecule has 0 aromatic carbocycles. The molecule has 28 heteroatoms. The van der Waals surface area contributed by atoms with Gasteiger partial charge in [-0.3, -0.25) is 33.6 Å². The second kappa shape index (κ2) is 33.5. The van der Waals surface area contributed by atoms with Gasteiger partial charge in [0.1, 0.15) is 48.3 Å². The second-order valence-electron chi connectivity index (χ2n) is 38.4. The molecule has 22 rings (SSSR count). The van der Waals surface area contributed by atoms with E-state index in [1.807, 2.05) is 0 Å². The Bertz CT molecular complexity index is 4220. The molecular weight excluding hydrogens is 1550 g/mol. The molecule has 15 saturated carbocycles. The zero-order chi connectivity index (χ0) is 84.6. The molecule has 28 nitrogen and oxygen atoms in total. The molecule has 120 heavy (non-hydrogen) atoms. The van der Waals surface area contributed by atoms with E-state index in [0.29, 0.717) is 129 Å². The molecule has 7 heterocycles. The fourth-order valence-electron chi connectivity index (χ4n) is 28.3. The van der Waals surface area contributed by atoms with Crippen molar-refractivity contribution in [3.63, 3.8) is 0 Å². The van der Waals surface area contributed by atoms with Gasteiger partial charge in [0.05, 0.1) is 81.1 Å². The van der Waals surface area contributed by atoms with E-state index in [2.05, 4.69) is 46.1 Å². The van der Waals surface area contributed by atoms with E-state index >= 15 is 0 Å². The summed E-state index contributed by atoms with van der Waals surface area (Å²) in [5.41, 5.74) is -1.04. The van der Waals surface area contributed by atoms with Crippen LogP contribution in [-0.4, -0.2) is 172 Å². The van der Waals surface area contributed by atoms with Gasteiger partial charge in [-0.15, -0.1) is 0 Å². The van der Waals surface area contributed by atoms with Crippen LogP contribution in [0.25, 0.3) is 0 Å². The maximum Gasteiger partial charge on any atom is 0.330 e. The van der Waals surface area contributed by atoms with Crippen molar-refractivity contribution in [3.8, 4) is 0 Å². The first-order chi connectivity index (χ1) is 57.6. The lowest BCUT2D eigenvalue weighted by atomic mass is 9.69. The third kappa shape index (κ3) is 15.4. The second-order valence-corrected chi connectivity index (χ2v) is 38.4. The van der Waals surface area contributed by atoms with Crippen LogP contribution < -0.4 is 0 Å². The number of carbonyl (C=O) groups excluding carboxylic acids is 14. The minimum atomic E-state index is -0.441. The standard InChI is InChI=1S/C16H20O4.4C13H16O4.2C12H14O4/c1-2-12(17)20-16(5-3-4-6-16)14-9-7-10-11(8-9)19-15(18)13(10)14;1-2-11(14)17-10-4-9-3-8(10)5-13(9)6-12(15)16-7-13;1-2-11(14)17-10-4-8-3-9(10)13(5-8)6-12(15)16-7-13;1-2-11(14)17-10-6-9-5-8(10)7-13(9)3-4-16-12(13)15;1-2-11(14)17-10-6-8-5-9(10)13(7-8)3-4-16-12(13)15;1-2-10(13)16-9-4-6-3-7(9)8-5-15-12(14)11(6)8;1-2-10(13)16-9-4-6-3-7(9)11-8(6)5-15-12(11)14/h2,9-11,13-14H,1,3-8H2;4*2,8-10H,1,3-7H2;2*2,6-9,11H,1,3-5H2.